The van der Waals surface area contributed by atoms with E-state index in [9.17, 15) is 14.0 Å². The number of likely N-dealkylation sites (N-methyl/N-ethyl adjacent to an activating group) is 1. The number of amides is 2. The average Bonchev–Trinajstić information content (AvgIpc) is 2.75. The zero-order valence-electron chi connectivity index (χ0n) is 18.0. The molecule has 10 heteroatoms. The van der Waals surface area contributed by atoms with Gasteiger partial charge in [0.2, 0.25) is 11.9 Å². The van der Waals surface area contributed by atoms with Gasteiger partial charge in [0.05, 0.1) is 5.69 Å². The van der Waals surface area contributed by atoms with Crippen LogP contribution in [0.3, 0.4) is 0 Å². The maximum Gasteiger partial charge on any atom is 0.411 e. The number of benzene rings is 1. The molecule has 3 aliphatic rings. The zero-order valence-corrected chi connectivity index (χ0v) is 18.0. The molecule has 1 fully saturated rings. The number of carbonyl (C=O) groups is 2. The zero-order chi connectivity index (χ0) is 22.4. The standard InChI is InChI=1S/C22H25FN6O3/c1-12-20(30)29-9-3-4-17-18(29)19(28(12)2)27-21(26-17)24-15-10-16(11-15)32-22(31)25-14-7-5-13(23)6-8-14/h5-8,12,15-16H,3-4,9-11H2,1-2H3,(H,25,31)(H,24,26,27)/t12-,15-,16-/m0/s1. The van der Waals surface area contributed by atoms with Crippen molar-refractivity contribution in [3.05, 3.63) is 35.8 Å². The Morgan fingerprint density at radius 1 is 1.22 bits per heavy atom. The Kier molecular flexibility index (Phi) is 5.07. The van der Waals surface area contributed by atoms with Crippen molar-refractivity contribution in [1.82, 2.24) is 9.97 Å². The Hall–Kier alpha value is -3.43. The van der Waals surface area contributed by atoms with Crippen LogP contribution in [-0.4, -0.2) is 53.7 Å². The van der Waals surface area contributed by atoms with E-state index >= 15 is 0 Å². The Morgan fingerprint density at radius 3 is 2.72 bits per heavy atom. The lowest BCUT2D eigenvalue weighted by Gasteiger charge is -2.42. The Bertz CT molecular complexity index is 1060. The van der Waals surface area contributed by atoms with E-state index in [-0.39, 0.29) is 29.9 Å². The van der Waals surface area contributed by atoms with Gasteiger partial charge < -0.3 is 19.9 Å². The van der Waals surface area contributed by atoms with E-state index in [0.717, 1.165) is 30.0 Å². The van der Waals surface area contributed by atoms with Crippen molar-refractivity contribution in [1.29, 1.82) is 0 Å². The largest absolute Gasteiger partial charge is 0.446 e. The van der Waals surface area contributed by atoms with Gasteiger partial charge in [-0.05, 0) is 44.0 Å². The first-order valence-electron chi connectivity index (χ1n) is 10.8. The number of halogens is 1. The van der Waals surface area contributed by atoms with Crippen LogP contribution in [-0.2, 0) is 16.0 Å². The lowest BCUT2D eigenvalue weighted by molar-refractivity contribution is -0.119. The van der Waals surface area contributed by atoms with Gasteiger partial charge >= 0.3 is 6.09 Å². The maximum atomic E-state index is 13.0. The molecule has 2 aliphatic heterocycles. The van der Waals surface area contributed by atoms with Crippen molar-refractivity contribution >= 4 is 35.1 Å². The molecule has 0 unspecified atom stereocenters. The van der Waals surface area contributed by atoms with Crippen molar-refractivity contribution in [2.24, 2.45) is 0 Å². The van der Waals surface area contributed by atoms with E-state index < -0.39 is 6.09 Å². The minimum absolute atomic E-state index is 0.0863. The normalized spacial score (nSPS) is 23.8. The molecular formula is C22H25FN6O3. The molecule has 5 rings (SSSR count). The van der Waals surface area contributed by atoms with Crippen molar-refractivity contribution in [3.63, 3.8) is 0 Å². The van der Waals surface area contributed by atoms with Gasteiger partial charge in [0.25, 0.3) is 0 Å². The van der Waals surface area contributed by atoms with Gasteiger partial charge in [-0.15, -0.1) is 0 Å². The summed E-state index contributed by atoms with van der Waals surface area (Å²) in [6, 6.07) is 5.34. The first-order valence-corrected chi connectivity index (χ1v) is 10.8. The molecule has 2 aromatic rings. The highest BCUT2D eigenvalue weighted by atomic mass is 19.1. The number of nitrogens with zero attached hydrogens (tertiary/aromatic N) is 4. The lowest BCUT2D eigenvalue weighted by Crippen LogP contribution is -2.53. The van der Waals surface area contributed by atoms with Crippen LogP contribution in [0.1, 0.15) is 31.9 Å². The fourth-order valence-electron chi connectivity index (χ4n) is 4.35. The third-order valence-electron chi connectivity index (χ3n) is 6.33. The summed E-state index contributed by atoms with van der Waals surface area (Å²) in [6.07, 6.45) is 2.21. The summed E-state index contributed by atoms with van der Waals surface area (Å²) in [7, 11) is 1.88. The van der Waals surface area contributed by atoms with Gasteiger partial charge in [0.1, 0.15) is 23.7 Å². The second-order valence-electron chi connectivity index (χ2n) is 8.52. The lowest BCUT2D eigenvalue weighted by atomic mass is 9.89. The Morgan fingerprint density at radius 2 is 1.97 bits per heavy atom. The summed E-state index contributed by atoms with van der Waals surface area (Å²) >= 11 is 0. The molecule has 3 heterocycles. The summed E-state index contributed by atoms with van der Waals surface area (Å²) < 4.78 is 18.4. The third-order valence-corrected chi connectivity index (χ3v) is 6.33. The molecule has 2 N–H and O–H groups in total. The van der Waals surface area contributed by atoms with Crippen molar-refractivity contribution < 1.29 is 18.7 Å². The van der Waals surface area contributed by atoms with Crippen LogP contribution in [0.5, 0.6) is 0 Å². The predicted molar refractivity (Wildman–Crippen MR) is 118 cm³/mol. The molecule has 9 nitrogen and oxygen atoms in total. The van der Waals surface area contributed by atoms with E-state index in [1.807, 2.05) is 23.8 Å². The van der Waals surface area contributed by atoms with Crippen LogP contribution in [0.15, 0.2) is 24.3 Å². The Labute approximate surface area is 185 Å². The highest BCUT2D eigenvalue weighted by Gasteiger charge is 2.39. The molecule has 1 aliphatic carbocycles. The fraction of sp³-hybridized carbons (Fsp3) is 0.455. The van der Waals surface area contributed by atoms with Gasteiger partial charge in [-0.2, -0.15) is 4.98 Å². The number of aryl methyl sites for hydroxylation is 1. The Balaban J connectivity index is 1.20. The minimum atomic E-state index is -0.560. The molecule has 32 heavy (non-hydrogen) atoms. The summed E-state index contributed by atoms with van der Waals surface area (Å²) in [5.41, 5.74) is 2.20. The predicted octanol–water partition coefficient (Wildman–Crippen LogP) is 2.92. The first kappa shape index (κ1) is 20.5. The minimum Gasteiger partial charge on any atom is -0.446 e. The van der Waals surface area contributed by atoms with Gasteiger partial charge in [-0.3, -0.25) is 10.1 Å². The fourth-order valence-corrected chi connectivity index (χ4v) is 4.35. The molecule has 2 amide bonds. The highest BCUT2D eigenvalue weighted by Crippen LogP contribution is 2.40. The average molecular weight is 440 g/mol. The highest BCUT2D eigenvalue weighted by molar-refractivity contribution is 6.05. The number of hydrogen-bond acceptors (Lipinski definition) is 7. The molecule has 1 aromatic heterocycles. The van der Waals surface area contributed by atoms with Crippen LogP contribution in [0.25, 0.3) is 0 Å². The molecule has 0 saturated heterocycles. The number of ether oxygens (including phenoxy) is 1. The smallest absolute Gasteiger partial charge is 0.411 e. The van der Waals surface area contributed by atoms with Gasteiger partial charge in [0, 0.05) is 38.2 Å². The summed E-state index contributed by atoms with van der Waals surface area (Å²) in [5, 5.41) is 5.94. The summed E-state index contributed by atoms with van der Waals surface area (Å²) in [6.45, 7) is 2.59. The molecule has 1 saturated carbocycles. The molecule has 0 bridgehead atoms. The second-order valence-corrected chi connectivity index (χ2v) is 8.52. The van der Waals surface area contributed by atoms with E-state index in [2.05, 4.69) is 15.6 Å². The van der Waals surface area contributed by atoms with E-state index in [0.29, 0.717) is 31.0 Å². The molecule has 0 spiro atoms. The molecular weight excluding hydrogens is 415 g/mol. The van der Waals surface area contributed by atoms with E-state index in [1.54, 1.807) is 0 Å². The first-order chi connectivity index (χ1) is 15.4. The van der Waals surface area contributed by atoms with Gasteiger partial charge in [-0.1, -0.05) is 0 Å². The number of nitrogens with one attached hydrogen (secondary N) is 2. The van der Waals surface area contributed by atoms with E-state index in [4.69, 9.17) is 9.72 Å². The van der Waals surface area contributed by atoms with Crippen molar-refractivity contribution in [2.45, 2.75) is 50.8 Å². The van der Waals surface area contributed by atoms with Crippen LogP contribution in [0.4, 0.5) is 32.3 Å². The summed E-state index contributed by atoms with van der Waals surface area (Å²) in [5.74, 6) is 1.03. The second kappa shape index (κ2) is 7.92. The van der Waals surface area contributed by atoms with Gasteiger partial charge in [0.15, 0.2) is 5.82 Å². The van der Waals surface area contributed by atoms with Crippen LogP contribution < -0.4 is 20.4 Å². The third kappa shape index (κ3) is 3.69. The number of rotatable bonds is 4. The molecule has 0 radical (unpaired) electrons. The summed E-state index contributed by atoms with van der Waals surface area (Å²) in [4.78, 5) is 37.8. The number of anilines is 4. The SMILES string of the molecule is C[C@H]1C(=O)N2CCCc3nc(N[C@H]4C[C@H](OC(=O)Nc5ccc(F)cc5)C4)nc(c32)N1C. The topological polar surface area (TPSA) is 99.7 Å². The van der Waals surface area contributed by atoms with Crippen LogP contribution >= 0.6 is 0 Å². The number of carbonyl (C=O) groups excluding carboxylic acids is 2. The van der Waals surface area contributed by atoms with Crippen LogP contribution in [0, 0.1) is 5.82 Å². The maximum absolute atomic E-state index is 13.0. The molecule has 1 atom stereocenters. The quantitative estimate of drug-likeness (QED) is 0.754. The van der Waals surface area contributed by atoms with Crippen molar-refractivity contribution in [2.75, 3.05) is 34.0 Å². The monoisotopic (exact) mass is 440 g/mol. The van der Waals surface area contributed by atoms with Crippen LogP contribution in [0.2, 0.25) is 0 Å². The molecule has 1 aromatic carbocycles. The van der Waals surface area contributed by atoms with Crippen molar-refractivity contribution in [3.8, 4) is 0 Å². The van der Waals surface area contributed by atoms with E-state index in [1.165, 1.54) is 24.3 Å². The van der Waals surface area contributed by atoms with Gasteiger partial charge in [-0.25, -0.2) is 14.2 Å². The number of aromatic nitrogens is 2. The molecule has 168 valence electrons. The number of hydrogen-bond donors (Lipinski definition) is 2.